The van der Waals surface area contributed by atoms with Crippen molar-refractivity contribution in [1.29, 1.82) is 5.26 Å². The fourth-order valence-corrected chi connectivity index (χ4v) is 3.47. The van der Waals surface area contributed by atoms with E-state index in [-0.39, 0.29) is 17.9 Å². The van der Waals surface area contributed by atoms with Crippen LogP contribution in [-0.4, -0.2) is 29.8 Å². The molecule has 0 saturated carbocycles. The lowest BCUT2D eigenvalue weighted by Crippen LogP contribution is -2.26. The van der Waals surface area contributed by atoms with Crippen LogP contribution in [0.1, 0.15) is 22.8 Å². The van der Waals surface area contributed by atoms with Crippen molar-refractivity contribution >= 4 is 11.8 Å². The maximum Gasteiger partial charge on any atom is 0.214 e. The first kappa shape index (κ1) is 17.3. The van der Waals surface area contributed by atoms with Crippen LogP contribution in [0.5, 0.6) is 5.88 Å². The second-order valence-electron chi connectivity index (χ2n) is 5.03. The topological polar surface area (TPSA) is 92.2 Å². The van der Waals surface area contributed by atoms with Gasteiger partial charge in [0, 0.05) is 28.5 Å². The molecule has 1 aromatic carbocycles. The number of nitrogens with two attached hydrogens (primary N) is 1. The van der Waals surface area contributed by atoms with Gasteiger partial charge in [0.05, 0.1) is 19.3 Å². The zero-order valence-electron chi connectivity index (χ0n) is 12.8. The first-order valence-electron chi connectivity index (χ1n) is 7.20. The number of nitriles is 1. The van der Waals surface area contributed by atoms with Gasteiger partial charge in [0.25, 0.3) is 0 Å². The Kier molecular flexibility index (Phi) is 6.41. The van der Waals surface area contributed by atoms with E-state index in [0.717, 1.165) is 10.5 Å². The zero-order valence-corrected chi connectivity index (χ0v) is 13.7. The van der Waals surface area contributed by atoms with Crippen LogP contribution in [-0.2, 0) is 0 Å². The minimum Gasteiger partial charge on any atom is -0.481 e. The van der Waals surface area contributed by atoms with E-state index in [4.69, 9.17) is 10.5 Å². The van der Waals surface area contributed by atoms with Gasteiger partial charge in [0.1, 0.15) is 6.07 Å². The molecule has 0 aliphatic heterocycles. The number of aliphatic hydroxyl groups is 1. The van der Waals surface area contributed by atoms with Crippen LogP contribution in [0, 0.1) is 11.3 Å². The Balaban J connectivity index is 2.32. The summed E-state index contributed by atoms with van der Waals surface area (Å²) in [7, 11) is 1.54. The van der Waals surface area contributed by atoms with Crippen LogP contribution < -0.4 is 10.5 Å². The summed E-state index contributed by atoms with van der Waals surface area (Å²) in [6.45, 7) is -0.0747. The molecule has 0 amide bonds. The number of pyridine rings is 1. The molecule has 2 rings (SSSR count). The Labute approximate surface area is 140 Å². The van der Waals surface area contributed by atoms with Crippen molar-refractivity contribution < 1.29 is 9.84 Å². The summed E-state index contributed by atoms with van der Waals surface area (Å²) < 4.78 is 5.15. The van der Waals surface area contributed by atoms with E-state index in [1.165, 1.54) is 18.0 Å². The molecule has 23 heavy (non-hydrogen) atoms. The molecule has 5 nitrogen and oxygen atoms in total. The molecule has 120 valence electrons. The first-order valence-corrected chi connectivity index (χ1v) is 8.08. The number of aliphatic hydroxyl groups excluding tert-OH is 1. The highest BCUT2D eigenvalue weighted by molar-refractivity contribution is 7.99. The number of thioether (sulfide) groups is 1. The van der Waals surface area contributed by atoms with Crippen LogP contribution in [0.25, 0.3) is 0 Å². The Hall–Kier alpha value is -2.07. The summed E-state index contributed by atoms with van der Waals surface area (Å²) in [5.41, 5.74) is 7.52. The molecular formula is C17H19N3O2S. The van der Waals surface area contributed by atoms with E-state index in [9.17, 15) is 10.4 Å². The van der Waals surface area contributed by atoms with Crippen molar-refractivity contribution in [2.45, 2.75) is 22.6 Å². The molecule has 2 atom stereocenters. The summed E-state index contributed by atoms with van der Waals surface area (Å²) >= 11 is 1.53. The molecular weight excluding hydrogens is 310 g/mol. The van der Waals surface area contributed by atoms with Gasteiger partial charge < -0.3 is 15.6 Å². The number of benzene rings is 1. The molecule has 0 bridgehead atoms. The van der Waals surface area contributed by atoms with Gasteiger partial charge >= 0.3 is 0 Å². The summed E-state index contributed by atoms with van der Waals surface area (Å²) in [4.78, 5) is 4.85. The molecule has 3 N–H and O–H groups in total. The van der Waals surface area contributed by atoms with E-state index >= 15 is 0 Å². The predicted molar refractivity (Wildman–Crippen MR) is 90.2 cm³/mol. The first-order chi connectivity index (χ1) is 11.2. The van der Waals surface area contributed by atoms with Gasteiger partial charge in [-0.25, -0.2) is 4.98 Å². The lowest BCUT2D eigenvalue weighted by molar-refractivity contribution is 0.259. The highest BCUT2D eigenvalue weighted by atomic mass is 32.2. The van der Waals surface area contributed by atoms with Gasteiger partial charge in [-0.1, -0.05) is 30.3 Å². The number of aromatic nitrogens is 1. The van der Waals surface area contributed by atoms with Crippen LogP contribution >= 0.6 is 11.8 Å². The smallest absolute Gasteiger partial charge is 0.214 e. The third-order valence-corrected chi connectivity index (χ3v) is 4.70. The van der Waals surface area contributed by atoms with Crippen molar-refractivity contribution in [3.05, 3.63) is 53.7 Å². The Morgan fingerprint density at radius 3 is 2.74 bits per heavy atom. The summed E-state index contributed by atoms with van der Waals surface area (Å²) in [6, 6.07) is 13.5. The Morgan fingerprint density at radius 2 is 2.13 bits per heavy atom. The second kappa shape index (κ2) is 8.53. The van der Waals surface area contributed by atoms with E-state index in [1.54, 1.807) is 13.2 Å². The fourth-order valence-electron chi connectivity index (χ4n) is 2.13. The number of methoxy groups -OCH3 is 1. The van der Waals surface area contributed by atoms with Gasteiger partial charge in [0.15, 0.2) is 0 Å². The molecule has 0 aliphatic carbocycles. The van der Waals surface area contributed by atoms with Gasteiger partial charge in [-0.2, -0.15) is 5.26 Å². The lowest BCUT2D eigenvalue weighted by Gasteiger charge is -2.20. The van der Waals surface area contributed by atoms with Gasteiger partial charge in [-0.3, -0.25) is 0 Å². The molecule has 0 aliphatic rings. The van der Waals surface area contributed by atoms with Crippen molar-refractivity contribution in [3.8, 4) is 11.9 Å². The molecule has 0 saturated heterocycles. The fraction of sp³-hybridized carbons (Fsp3) is 0.294. The predicted octanol–water partition coefficient (Wildman–Crippen LogP) is 2.50. The summed E-state index contributed by atoms with van der Waals surface area (Å²) in [5, 5.41) is 18.6. The van der Waals surface area contributed by atoms with Crippen molar-refractivity contribution in [3.63, 3.8) is 0 Å². The van der Waals surface area contributed by atoms with Gasteiger partial charge in [-0.05, 0) is 12.0 Å². The van der Waals surface area contributed by atoms with Crippen LogP contribution in [0.2, 0.25) is 0 Å². The highest BCUT2D eigenvalue weighted by Crippen LogP contribution is 2.40. The standard InChI is InChI=1S/C17H19N3O2S/c1-22-17-8-16(13(9-18)10-20-17)23-15(7-14(19)11-21)12-5-3-2-4-6-12/h2-6,8,10,14-15,21H,7,11,19H2,1H3/t14-,15-/m0/s1. The van der Waals surface area contributed by atoms with Crippen molar-refractivity contribution in [1.82, 2.24) is 4.98 Å². The number of hydrogen-bond donors (Lipinski definition) is 2. The zero-order chi connectivity index (χ0) is 16.7. The molecule has 0 unspecified atom stereocenters. The molecule has 1 heterocycles. The number of ether oxygens (including phenoxy) is 1. The molecule has 0 fully saturated rings. The largest absolute Gasteiger partial charge is 0.481 e. The van der Waals surface area contributed by atoms with Gasteiger partial charge in [0.2, 0.25) is 5.88 Å². The number of nitrogens with zero attached hydrogens (tertiary/aromatic N) is 2. The third kappa shape index (κ3) is 4.70. The monoisotopic (exact) mass is 329 g/mol. The van der Waals surface area contributed by atoms with Crippen molar-refractivity contribution in [2.75, 3.05) is 13.7 Å². The average molecular weight is 329 g/mol. The molecule has 6 heteroatoms. The van der Waals surface area contributed by atoms with Crippen LogP contribution in [0.4, 0.5) is 0 Å². The van der Waals surface area contributed by atoms with Gasteiger partial charge in [-0.15, -0.1) is 11.8 Å². The van der Waals surface area contributed by atoms with E-state index < -0.39 is 0 Å². The van der Waals surface area contributed by atoms with Crippen molar-refractivity contribution in [2.24, 2.45) is 5.73 Å². The minimum atomic E-state index is -0.318. The molecule has 1 aromatic heterocycles. The lowest BCUT2D eigenvalue weighted by atomic mass is 10.1. The Morgan fingerprint density at radius 1 is 1.39 bits per heavy atom. The summed E-state index contributed by atoms with van der Waals surface area (Å²) in [6.07, 6.45) is 2.11. The highest BCUT2D eigenvalue weighted by Gasteiger charge is 2.19. The summed E-state index contributed by atoms with van der Waals surface area (Å²) in [5.74, 6) is 0.463. The number of rotatable bonds is 7. The second-order valence-corrected chi connectivity index (χ2v) is 6.27. The Bertz CT molecular complexity index is 673. The molecule has 2 aromatic rings. The van der Waals surface area contributed by atoms with E-state index in [1.807, 2.05) is 30.3 Å². The normalized spacial score (nSPS) is 13.1. The van der Waals surface area contributed by atoms with E-state index in [2.05, 4.69) is 11.1 Å². The molecule has 0 spiro atoms. The average Bonchev–Trinajstić information content (AvgIpc) is 2.61. The third-order valence-electron chi connectivity index (χ3n) is 3.36. The molecule has 0 radical (unpaired) electrons. The SMILES string of the molecule is COc1cc(S[C@@H](C[C@H](N)CO)c2ccccc2)c(C#N)cn1. The maximum absolute atomic E-state index is 9.28. The van der Waals surface area contributed by atoms with Crippen LogP contribution in [0.3, 0.4) is 0 Å². The quantitative estimate of drug-likeness (QED) is 0.758. The number of hydrogen-bond acceptors (Lipinski definition) is 6. The van der Waals surface area contributed by atoms with E-state index in [0.29, 0.717) is 17.9 Å². The minimum absolute atomic E-state index is 0.0255. The van der Waals surface area contributed by atoms with Crippen LogP contribution in [0.15, 0.2) is 47.5 Å². The maximum atomic E-state index is 9.28.